The highest BCUT2D eigenvalue weighted by molar-refractivity contribution is 7.17. The minimum Gasteiger partial charge on any atom is -0.477 e. The van der Waals surface area contributed by atoms with Gasteiger partial charge in [-0.25, -0.2) is 9.78 Å². The second kappa shape index (κ2) is 5.01. The Morgan fingerprint density at radius 2 is 2.00 bits per heavy atom. The smallest absolute Gasteiger partial charge is 0.348 e. The van der Waals surface area contributed by atoms with Crippen LogP contribution in [0.2, 0.25) is 0 Å². The molecule has 100 valence electrons. The SMILES string of the molecule is Cc1ccc(C)c(-c2nc(N(C)C)sc2C(=O)O)c1. The van der Waals surface area contributed by atoms with Crippen LogP contribution in [0.3, 0.4) is 0 Å². The molecule has 0 aliphatic heterocycles. The van der Waals surface area contributed by atoms with Gasteiger partial charge >= 0.3 is 5.97 Å². The number of carbonyl (C=O) groups is 1. The standard InChI is InChI=1S/C14H16N2O2S/c1-8-5-6-9(2)10(7-8)11-12(13(17)18)19-14(15-11)16(3)4/h5-7H,1-4H3,(H,17,18). The first-order valence-electron chi connectivity index (χ1n) is 5.89. The lowest BCUT2D eigenvalue weighted by Gasteiger charge is -2.07. The number of hydrogen-bond acceptors (Lipinski definition) is 4. The molecule has 5 heteroatoms. The van der Waals surface area contributed by atoms with E-state index in [4.69, 9.17) is 0 Å². The number of carboxylic acids is 1. The van der Waals surface area contributed by atoms with E-state index < -0.39 is 5.97 Å². The van der Waals surface area contributed by atoms with Crippen molar-refractivity contribution in [3.05, 3.63) is 34.2 Å². The Morgan fingerprint density at radius 1 is 1.32 bits per heavy atom. The summed E-state index contributed by atoms with van der Waals surface area (Å²) in [5.74, 6) is -0.929. The van der Waals surface area contributed by atoms with E-state index in [-0.39, 0.29) is 4.88 Å². The van der Waals surface area contributed by atoms with Crippen molar-refractivity contribution >= 4 is 22.4 Å². The minimum atomic E-state index is -0.929. The number of benzene rings is 1. The Labute approximate surface area is 116 Å². The van der Waals surface area contributed by atoms with Crippen LogP contribution in [0, 0.1) is 13.8 Å². The molecule has 1 heterocycles. The molecule has 1 aromatic carbocycles. The van der Waals surface area contributed by atoms with Gasteiger partial charge in [0.1, 0.15) is 4.88 Å². The van der Waals surface area contributed by atoms with E-state index in [2.05, 4.69) is 4.98 Å². The predicted octanol–water partition coefficient (Wildman–Crippen LogP) is 3.19. The zero-order valence-corrected chi connectivity index (χ0v) is 12.2. The zero-order chi connectivity index (χ0) is 14.2. The molecule has 0 radical (unpaired) electrons. The molecule has 0 atom stereocenters. The summed E-state index contributed by atoms with van der Waals surface area (Å²) in [5.41, 5.74) is 3.57. The summed E-state index contributed by atoms with van der Waals surface area (Å²) in [6.07, 6.45) is 0. The molecule has 2 rings (SSSR count). The van der Waals surface area contributed by atoms with Crippen molar-refractivity contribution in [3.63, 3.8) is 0 Å². The largest absolute Gasteiger partial charge is 0.477 e. The highest BCUT2D eigenvalue weighted by Crippen LogP contribution is 2.34. The molecule has 0 saturated carbocycles. The fourth-order valence-electron chi connectivity index (χ4n) is 1.82. The van der Waals surface area contributed by atoms with E-state index in [0.717, 1.165) is 16.7 Å². The van der Waals surface area contributed by atoms with Gasteiger partial charge in [-0.2, -0.15) is 0 Å². The lowest BCUT2D eigenvalue weighted by atomic mass is 10.0. The van der Waals surface area contributed by atoms with Crippen LogP contribution in [0.25, 0.3) is 11.3 Å². The van der Waals surface area contributed by atoms with Gasteiger partial charge in [-0.3, -0.25) is 0 Å². The van der Waals surface area contributed by atoms with Crippen molar-refractivity contribution in [1.29, 1.82) is 0 Å². The number of nitrogens with zero attached hydrogens (tertiary/aromatic N) is 2. The normalized spacial score (nSPS) is 10.5. The Morgan fingerprint density at radius 3 is 2.58 bits per heavy atom. The highest BCUT2D eigenvalue weighted by atomic mass is 32.1. The number of hydrogen-bond donors (Lipinski definition) is 1. The lowest BCUT2D eigenvalue weighted by molar-refractivity contribution is 0.0702. The van der Waals surface area contributed by atoms with Crippen molar-refractivity contribution in [1.82, 2.24) is 4.98 Å². The van der Waals surface area contributed by atoms with Crippen LogP contribution in [0.4, 0.5) is 5.13 Å². The Bertz CT molecular complexity index is 632. The number of aromatic nitrogens is 1. The lowest BCUT2D eigenvalue weighted by Crippen LogP contribution is -2.07. The summed E-state index contributed by atoms with van der Waals surface area (Å²) in [6.45, 7) is 3.96. The Balaban J connectivity index is 2.66. The molecule has 1 aromatic heterocycles. The molecule has 0 saturated heterocycles. The highest BCUT2D eigenvalue weighted by Gasteiger charge is 2.20. The van der Waals surface area contributed by atoms with Gasteiger partial charge in [0.2, 0.25) is 0 Å². The summed E-state index contributed by atoms with van der Waals surface area (Å²) >= 11 is 1.20. The van der Waals surface area contributed by atoms with E-state index in [1.54, 1.807) is 0 Å². The molecule has 0 aliphatic rings. The van der Waals surface area contributed by atoms with Crippen molar-refractivity contribution in [2.75, 3.05) is 19.0 Å². The molecule has 0 spiro atoms. The molecule has 2 aromatic rings. The van der Waals surface area contributed by atoms with Crippen LogP contribution in [0.15, 0.2) is 18.2 Å². The van der Waals surface area contributed by atoms with E-state index in [9.17, 15) is 9.90 Å². The first-order chi connectivity index (χ1) is 8.90. The monoisotopic (exact) mass is 276 g/mol. The molecule has 0 unspecified atom stereocenters. The summed E-state index contributed by atoms with van der Waals surface area (Å²) in [4.78, 5) is 18.0. The van der Waals surface area contributed by atoms with Crippen LogP contribution >= 0.6 is 11.3 Å². The quantitative estimate of drug-likeness (QED) is 0.935. The first kappa shape index (κ1) is 13.5. The molecular weight excluding hydrogens is 260 g/mol. The zero-order valence-electron chi connectivity index (χ0n) is 11.4. The average molecular weight is 276 g/mol. The number of thiazole rings is 1. The third kappa shape index (κ3) is 2.61. The van der Waals surface area contributed by atoms with Gasteiger partial charge in [0.25, 0.3) is 0 Å². The second-order valence-electron chi connectivity index (χ2n) is 4.69. The minimum absolute atomic E-state index is 0.289. The van der Waals surface area contributed by atoms with Gasteiger partial charge in [0.15, 0.2) is 5.13 Å². The van der Waals surface area contributed by atoms with Crippen LogP contribution in [0.1, 0.15) is 20.8 Å². The van der Waals surface area contributed by atoms with E-state index in [1.165, 1.54) is 11.3 Å². The summed E-state index contributed by atoms with van der Waals surface area (Å²) in [7, 11) is 3.72. The molecule has 0 aliphatic carbocycles. The molecule has 0 fully saturated rings. The number of anilines is 1. The molecule has 0 amide bonds. The summed E-state index contributed by atoms with van der Waals surface area (Å²) < 4.78 is 0. The average Bonchev–Trinajstić information content (AvgIpc) is 2.77. The number of carboxylic acid groups (broad SMARTS) is 1. The third-order valence-corrected chi connectivity index (χ3v) is 4.05. The van der Waals surface area contributed by atoms with Gasteiger partial charge in [0, 0.05) is 19.7 Å². The van der Waals surface area contributed by atoms with E-state index >= 15 is 0 Å². The molecule has 4 nitrogen and oxygen atoms in total. The van der Waals surface area contributed by atoms with Gasteiger partial charge in [-0.15, -0.1) is 0 Å². The van der Waals surface area contributed by atoms with Gasteiger partial charge < -0.3 is 10.0 Å². The third-order valence-electron chi connectivity index (χ3n) is 2.84. The van der Waals surface area contributed by atoms with Crippen molar-refractivity contribution in [2.24, 2.45) is 0 Å². The topological polar surface area (TPSA) is 53.4 Å². The first-order valence-corrected chi connectivity index (χ1v) is 6.71. The maximum atomic E-state index is 11.4. The van der Waals surface area contributed by atoms with Gasteiger partial charge in [-0.1, -0.05) is 29.0 Å². The van der Waals surface area contributed by atoms with Crippen LogP contribution in [-0.2, 0) is 0 Å². The fraction of sp³-hybridized carbons (Fsp3) is 0.286. The molecule has 0 bridgehead atoms. The molecular formula is C14H16N2O2S. The van der Waals surface area contributed by atoms with Gasteiger partial charge in [-0.05, 0) is 25.5 Å². The van der Waals surface area contributed by atoms with Crippen molar-refractivity contribution in [2.45, 2.75) is 13.8 Å². The van der Waals surface area contributed by atoms with E-state index in [1.807, 2.05) is 51.0 Å². The maximum Gasteiger partial charge on any atom is 0.348 e. The summed E-state index contributed by atoms with van der Waals surface area (Å²) in [5, 5.41) is 10.0. The van der Waals surface area contributed by atoms with Crippen LogP contribution in [0.5, 0.6) is 0 Å². The summed E-state index contributed by atoms with van der Waals surface area (Å²) in [6, 6.07) is 5.99. The maximum absolute atomic E-state index is 11.4. The second-order valence-corrected chi connectivity index (χ2v) is 5.67. The van der Waals surface area contributed by atoms with Crippen LogP contribution < -0.4 is 4.90 Å². The Kier molecular flexibility index (Phi) is 3.57. The number of aryl methyl sites for hydroxylation is 2. The number of rotatable bonds is 3. The predicted molar refractivity (Wildman–Crippen MR) is 78.3 cm³/mol. The fourth-order valence-corrected chi connectivity index (χ4v) is 2.66. The molecule has 19 heavy (non-hydrogen) atoms. The van der Waals surface area contributed by atoms with Crippen molar-refractivity contribution < 1.29 is 9.90 Å². The van der Waals surface area contributed by atoms with Crippen LogP contribution in [-0.4, -0.2) is 30.2 Å². The molecule has 1 N–H and O–H groups in total. The van der Waals surface area contributed by atoms with Crippen molar-refractivity contribution in [3.8, 4) is 11.3 Å². The number of aromatic carboxylic acids is 1. The van der Waals surface area contributed by atoms with Gasteiger partial charge in [0.05, 0.1) is 5.69 Å². The Hall–Kier alpha value is -1.88. The van der Waals surface area contributed by atoms with E-state index in [0.29, 0.717) is 10.8 Å².